The van der Waals surface area contributed by atoms with Gasteiger partial charge in [0.1, 0.15) is 12.1 Å². The van der Waals surface area contributed by atoms with Crippen LogP contribution in [0.4, 0.5) is 5.82 Å². The van der Waals surface area contributed by atoms with Crippen molar-refractivity contribution in [1.29, 1.82) is 0 Å². The Balaban J connectivity index is 2.34. The normalized spacial score (nSPS) is 10.0. The van der Waals surface area contributed by atoms with Crippen LogP contribution in [0.5, 0.6) is 0 Å². The Hall–Kier alpha value is -2.20. The molecule has 0 bridgehead atoms. The van der Waals surface area contributed by atoms with Crippen LogP contribution in [0.15, 0.2) is 43.2 Å². The lowest BCUT2D eigenvalue weighted by molar-refractivity contribution is -0.111. The molecule has 0 radical (unpaired) electrons. The van der Waals surface area contributed by atoms with Gasteiger partial charge in [-0.2, -0.15) is 0 Å². The van der Waals surface area contributed by atoms with Gasteiger partial charge in [0.2, 0.25) is 5.91 Å². The van der Waals surface area contributed by atoms with E-state index in [1.807, 2.05) is 25.1 Å². The van der Waals surface area contributed by atoms with E-state index in [1.54, 1.807) is 6.07 Å². The van der Waals surface area contributed by atoms with Crippen LogP contribution in [0.25, 0.3) is 11.3 Å². The third kappa shape index (κ3) is 3.17. The molecule has 1 heterocycles. The molecule has 2 rings (SSSR count). The van der Waals surface area contributed by atoms with E-state index in [4.69, 9.17) is 11.6 Å². The SMILES string of the molecule is C=CC(=O)Nc1cc(-c2ccc(C)c(Cl)c2)ncn1. The van der Waals surface area contributed by atoms with Crippen LogP contribution in [0.3, 0.4) is 0 Å². The number of carbonyl (C=O) groups is 1. The number of aromatic nitrogens is 2. The smallest absolute Gasteiger partial charge is 0.248 e. The molecule has 19 heavy (non-hydrogen) atoms. The highest BCUT2D eigenvalue weighted by molar-refractivity contribution is 6.31. The Bertz CT molecular complexity index is 640. The molecule has 0 aliphatic rings. The third-order valence-electron chi connectivity index (χ3n) is 2.57. The zero-order valence-corrected chi connectivity index (χ0v) is 11.1. The van der Waals surface area contributed by atoms with Gasteiger partial charge >= 0.3 is 0 Å². The van der Waals surface area contributed by atoms with Gasteiger partial charge in [-0.25, -0.2) is 9.97 Å². The first-order valence-corrected chi connectivity index (χ1v) is 6.00. The predicted molar refractivity (Wildman–Crippen MR) is 76.0 cm³/mol. The topological polar surface area (TPSA) is 54.9 Å². The minimum atomic E-state index is -0.313. The fourth-order valence-corrected chi connectivity index (χ4v) is 1.69. The van der Waals surface area contributed by atoms with E-state index >= 15 is 0 Å². The Morgan fingerprint density at radius 2 is 2.16 bits per heavy atom. The molecule has 0 fully saturated rings. The molecule has 2 aromatic rings. The standard InChI is InChI=1S/C14H12ClN3O/c1-3-14(19)18-13-7-12(16-8-17-13)10-5-4-9(2)11(15)6-10/h3-8H,1H2,2H3,(H,16,17,18,19). The molecule has 0 atom stereocenters. The first-order chi connectivity index (χ1) is 9.10. The van der Waals surface area contributed by atoms with Gasteiger partial charge in [-0.15, -0.1) is 0 Å². The number of aryl methyl sites for hydroxylation is 1. The summed E-state index contributed by atoms with van der Waals surface area (Å²) < 4.78 is 0. The molecule has 0 saturated heterocycles. The molecule has 0 spiro atoms. The van der Waals surface area contributed by atoms with Crippen molar-refractivity contribution in [3.63, 3.8) is 0 Å². The number of carbonyl (C=O) groups excluding carboxylic acids is 1. The van der Waals surface area contributed by atoms with E-state index in [2.05, 4.69) is 21.9 Å². The summed E-state index contributed by atoms with van der Waals surface area (Å²) in [5.74, 6) is 0.109. The van der Waals surface area contributed by atoms with Crippen molar-refractivity contribution in [3.8, 4) is 11.3 Å². The van der Waals surface area contributed by atoms with Crippen molar-refractivity contribution in [3.05, 3.63) is 53.8 Å². The van der Waals surface area contributed by atoms with E-state index in [0.717, 1.165) is 11.1 Å². The zero-order chi connectivity index (χ0) is 13.8. The Labute approximate surface area is 116 Å². The molecule has 0 aliphatic heterocycles. The number of anilines is 1. The van der Waals surface area contributed by atoms with Crippen molar-refractivity contribution in [2.45, 2.75) is 6.92 Å². The maximum atomic E-state index is 11.2. The quantitative estimate of drug-likeness (QED) is 0.874. The Kier molecular flexibility index (Phi) is 3.92. The molecule has 96 valence electrons. The van der Waals surface area contributed by atoms with Crippen LogP contribution in [-0.2, 0) is 4.79 Å². The number of halogens is 1. The lowest BCUT2D eigenvalue weighted by Gasteiger charge is -2.06. The average molecular weight is 274 g/mol. The summed E-state index contributed by atoms with van der Waals surface area (Å²) in [4.78, 5) is 19.4. The van der Waals surface area contributed by atoms with E-state index in [1.165, 1.54) is 12.4 Å². The van der Waals surface area contributed by atoms with Crippen molar-refractivity contribution in [2.75, 3.05) is 5.32 Å². The van der Waals surface area contributed by atoms with Crippen LogP contribution >= 0.6 is 11.6 Å². The molecule has 1 N–H and O–H groups in total. The second kappa shape index (κ2) is 5.63. The van der Waals surface area contributed by atoms with E-state index in [9.17, 15) is 4.79 Å². The summed E-state index contributed by atoms with van der Waals surface area (Å²) in [7, 11) is 0. The van der Waals surface area contributed by atoms with Crippen LogP contribution < -0.4 is 5.32 Å². The minimum Gasteiger partial charge on any atom is -0.307 e. The summed E-state index contributed by atoms with van der Waals surface area (Å²) in [6, 6.07) is 7.35. The molecule has 1 aromatic carbocycles. The van der Waals surface area contributed by atoms with E-state index in [0.29, 0.717) is 16.5 Å². The highest BCUT2D eigenvalue weighted by atomic mass is 35.5. The maximum Gasteiger partial charge on any atom is 0.248 e. The first kappa shape index (κ1) is 13.2. The van der Waals surface area contributed by atoms with E-state index < -0.39 is 0 Å². The molecular weight excluding hydrogens is 262 g/mol. The number of rotatable bonds is 3. The fourth-order valence-electron chi connectivity index (χ4n) is 1.51. The van der Waals surface area contributed by atoms with Gasteiger partial charge in [0.15, 0.2) is 0 Å². The second-order valence-corrected chi connectivity index (χ2v) is 4.35. The summed E-state index contributed by atoms with van der Waals surface area (Å²) in [6.07, 6.45) is 2.58. The van der Waals surface area contributed by atoms with Gasteiger partial charge in [-0.05, 0) is 24.6 Å². The third-order valence-corrected chi connectivity index (χ3v) is 2.98. The van der Waals surface area contributed by atoms with Gasteiger partial charge < -0.3 is 5.32 Å². The number of benzene rings is 1. The summed E-state index contributed by atoms with van der Waals surface area (Å²) in [6.45, 7) is 5.32. The highest BCUT2D eigenvalue weighted by Gasteiger charge is 2.05. The minimum absolute atomic E-state index is 0.313. The predicted octanol–water partition coefficient (Wildman–Crippen LogP) is 3.23. The lowest BCUT2D eigenvalue weighted by Crippen LogP contribution is -2.09. The number of hydrogen-bond donors (Lipinski definition) is 1. The summed E-state index contributed by atoms with van der Waals surface area (Å²) >= 11 is 6.08. The van der Waals surface area contributed by atoms with Crippen LogP contribution in [0, 0.1) is 6.92 Å². The number of amides is 1. The van der Waals surface area contributed by atoms with Crippen LogP contribution in [0.2, 0.25) is 5.02 Å². The molecule has 5 heteroatoms. The van der Waals surface area contributed by atoms with Crippen LogP contribution in [0.1, 0.15) is 5.56 Å². The van der Waals surface area contributed by atoms with Crippen molar-refractivity contribution >= 4 is 23.3 Å². The summed E-state index contributed by atoms with van der Waals surface area (Å²) in [5, 5.41) is 3.26. The van der Waals surface area contributed by atoms with Crippen molar-refractivity contribution in [1.82, 2.24) is 9.97 Å². The van der Waals surface area contributed by atoms with Gasteiger partial charge in [-0.1, -0.05) is 30.3 Å². The second-order valence-electron chi connectivity index (χ2n) is 3.95. The molecule has 0 saturated carbocycles. The van der Waals surface area contributed by atoms with E-state index in [-0.39, 0.29) is 5.91 Å². The number of hydrogen-bond acceptors (Lipinski definition) is 3. The Morgan fingerprint density at radius 3 is 2.84 bits per heavy atom. The van der Waals surface area contributed by atoms with Gasteiger partial charge in [0.05, 0.1) is 5.69 Å². The molecule has 1 aromatic heterocycles. The van der Waals surface area contributed by atoms with Gasteiger partial charge in [0.25, 0.3) is 0 Å². The zero-order valence-electron chi connectivity index (χ0n) is 10.4. The largest absolute Gasteiger partial charge is 0.307 e. The number of nitrogens with zero attached hydrogens (tertiary/aromatic N) is 2. The number of nitrogens with one attached hydrogen (secondary N) is 1. The molecular formula is C14H12ClN3O. The average Bonchev–Trinajstić information content (AvgIpc) is 2.42. The van der Waals surface area contributed by atoms with Gasteiger partial charge in [0, 0.05) is 16.7 Å². The van der Waals surface area contributed by atoms with Gasteiger partial charge in [-0.3, -0.25) is 4.79 Å². The molecule has 1 amide bonds. The van der Waals surface area contributed by atoms with Crippen molar-refractivity contribution < 1.29 is 4.79 Å². The van der Waals surface area contributed by atoms with Crippen LogP contribution in [-0.4, -0.2) is 15.9 Å². The molecule has 0 unspecified atom stereocenters. The fraction of sp³-hybridized carbons (Fsp3) is 0.0714. The molecule has 0 aliphatic carbocycles. The Morgan fingerprint density at radius 1 is 1.37 bits per heavy atom. The first-order valence-electron chi connectivity index (χ1n) is 5.62. The maximum absolute atomic E-state index is 11.2. The summed E-state index contributed by atoms with van der Waals surface area (Å²) in [5.41, 5.74) is 2.56. The van der Waals surface area contributed by atoms with Crippen molar-refractivity contribution in [2.24, 2.45) is 0 Å². The highest BCUT2D eigenvalue weighted by Crippen LogP contribution is 2.24. The lowest BCUT2D eigenvalue weighted by atomic mass is 10.1. The monoisotopic (exact) mass is 273 g/mol. The molecule has 4 nitrogen and oxygen atoms in total.